The molecule has 1 saturated heterocycles. The normalized spacial score (nSPS) is 28.1. The zero-order valence-corrected chi connectivity index (χ0v) is 21.6. The van der Waals surface area contributed by atoms with Crippen LogP contribution in [0.4, 0.5) is 0 Å². The molecule has 1 amide bonds. The highest BCUT2D eigenvalue weighted by atomic mass is 16.5. The Kier molecular flexibility index (Phi) is 4.84. The molecule has 3 aliphatic carbocycles. The van der Waals surface area contributed by atoms with E-state index in [9.17, 15) is 4.79 Å². The second-order valence-electron chi connectivity index (χ2n) is 10.8. The first kappa shape index (κ1) is 22.6. The van der Waals surface area contributed by atoms with Crippen LogP contribution in [0.1, 0.15) is 46.7 Å². The van der Waals surface area contributed by atoms with Gasteiger partial charge >= 0.3 is 0 Å². The summed E-state index contributed by atoms with van der Waals surface area (Å²) in [6.45, 7) is 2.13. The van der Waals surface area contributed by atoms with Gasteiger partial charge in [-0.2, -0.15) is 0 Å². The largest absolute Gasteiger partial charge is 0.496 e. The van der Waals surface area contributed by atoms with Gasteiger partial charge in [-0.3, -0.25) is 4.79 Å². The van der Waals surface area contributed by atoms with E-state index in [2.05, 4.69) is 91.9 Å². The van der Waals surface area contributed by atoms with E-state index in [4.69, 9.17) is 9.47 Å². The number of likely N-dealkylation sites (tertiary alicyclic amines) is 1. The Bertz CT molecular complexity index is 1510. The molecule has 0 N–H and O–H groups in total. The van der Waals surface area contributed by atoms with Gasteiger partial charge in [-0.15, -0.1) is 0 Å². The smallest absolute Gasteiger partial charge is 0.227 e. The molecule has 0 unspecified atom stereocenters. The lowest BCUT2D eigenvalue weighted by molar-refractivity contribution is -0.135. The fraction of sp³-hybridized carbons (Fsp3) is 0.303. The summed E-state index contributed by atoms with van der Waals surface area (Å²) in [6.07, 6.45) is -0.186. The molecule has 0 saturated carbocycles. The quantitative estimate of drug-likeness (QED) is 0.349. The monoisotopic (exact) mass is 489 g/mol. The first-order valence-corrected chi connectivity index (χ1v) is 13.1. The number of hydrogen-bond donors (Lipinski definition) is 0. The molecular weight excluding hydrogens is 458 g/mol. The van der Waals surface area contributed by atoms with Crippen molar-refractivity contribution in [3.8, 4) is 5.75 Å². The molecule has 8 rings (SSSR count). The highest BCUT2D eigenvalue weighted by Gasteiger charge is 2.69. The Morgan fingerprint density at radius 1 is 0.838 bits per heavy atom. The van der Waals surface area contributed by atoms with Crippen LogP contribution in [0.25, 0.3) is 10.8 Å². The number of fused-ring (bicyclic) bond motifs is 1. The second-order valence-corrected chi connectivity index (χ2v) is 10.8. The van der Waals surface area contributed by atoms with Gasteiger partial charge in [0.05, 0.1) is 30.6 Å². The van der Waals surface area contributed by atoms with Crippen molar-refractivity contribution in [2.24, 2.45) is 11.8 Å². The number of nitrogens with zero attached hydrogens (tertiary/aromatic N) is 1. The van der Waals surface area contributed by atoms with Crippen LogP contribution in [0.3, 0.4) is 0 Å². The van der Waals surface area contributed by atoms with Crippen LogP contribution < -0.4 is 4.74 Å². The minimum Gasteiger partial charge on any atom is -0.496 e. The van der Waals surface area contributed by atoms with Gasteiger partial charge in [-0.1, -0.05) is 78.9 Å². The van der Waals surface area contributed by atoms with Gasteiger partial charge in [0.15, 0.2) is 0 Å². The summed E-state index contributed by atoms with van der Waals surface area (Å²) in [5.74, 6) is 0.921. The molecular formula is C33H31NO3. The van der Waals surface area contributed by atoms with Crippen molar-refractivity contribution < 1.29 is 14.3 Å². The van der Waals surface area contributed by atoms with E-state index >= 15 is 0 Å². The Hall–Kier alpha value is -3.63. The van der Waals surface area contributed by atoms with Crippen molar-refractivity contribution in [2.45, 2.75) is 30.4 Å². The second kappa shape index (κ2) is 7.93. The summed E-state index contributed by atoms with van der Waals surface area (Å²) in [7, 11) is 5.48. The molecule has 1 heterocycles. The summed E-state index contributed by atoms with van der Waals surface area (Å²) in [6, 6.07) is 29.9. The molecule has 4 nitrogen and oxygen atoms in total. The highest BCUT2D eigenvalue weighted by molar-refractivity contribution is 5.93. The lowest BCUT2D eigenvalue weighted by atomic mass is 9.45. The third-order valence-corrected chi connectivity index (χ3v) is 9.58. The van der Waals surface area contributed by atoms with Gasteiger partial charge in [-0.05, 0) is 46.0 Å². The number of ether oxygens (including phenoxy) is 2. The number of amides is 1. The number of hydrogen-bond acceptors (Lipinski definition) is 3. The molecule has 0 spiro atoms. The average molecular weight is 490 g/mol. The number of carbonyl (C=O) groups excluding carboxylic acids is 1. The van der Waals surface area contributed by atoms with E-state index in [-0.39, 0.29) is 35.8 Å². The summed E-state index contributed by atoms with van der Waals surface area (Å²) in [4.78, 5) is 16.5. The van der Waals surface area contributed by atoms with Crippen LogP contribution >= 0.6 is 0 Å². The molecule has 1 fully saturated rings. The van der Waals surface area contributed by atoms with Gasteiger partial charge in [0.2, 0.25) is 5.91 Å². The predicted molar refractivity (Wildman–Crippen MR) is 145 cm³/mol. The summed E-state index contributed by atoms with van der Waals surface area (Å²) in [5, 5.41) is 2.30. The number of rotatable bonds is 4. The fourth-order valence-electron chi connectivity index (χ4n) is 8.21. The molecule has 1 aliphatic heterocycles. The summed E-state index contributed by atoms with van der Waals surface area (Å²) in [5.41, 5.74) is 5.64. The maximum atomic E-state index is 14.5. The molecule has 4 aliphatic rings. The van der Waals surface area contributed by atoms with Gasteiger partial charge < -0.3 is 14.4 Å². The van der Waals surface area contributed by atoms with Gasteiger partial charge in [0.1, 0.15) is 5.75 Å². The zero-order chi connectivity index (χ0) is 25.5. The van der Waals surface area contributed by atoms with Crippen molar-refractivity contribution in [1.29, 1.82) is 0 Å². The van der Waals surface area contributed by atoms with Crippen molar-refractivity contribution >= 4 is 16.7 Å². The number of benzene rings is 4. The van der Waals surface area contributed by atoms with E-state index in [0.29, 0.717) is 0 Å². The van der Waals surface area contributed by atoms with Crippen LogP contribution in [-0.4, -0.2) is 38.2 Å². The molecule has 2 bridgehead atoms. The van der Waals surface area contributed by atoms with Crippen LogP contribution in [0, 0.1) is 11.8 Å². The van der Waals surface area contributed by atoms with Crippen LogP contribution in [0.2, 0.25) is 0 Å². The molecule has 0 aromatic heterocycles. The van der Waals surface area contributed by atoms with E-state index in [1.54, 1.807) is 14.2 Å². The fourth-order valence-corrected chi connectivity index (χ4v) is 8.21. The van der Waals surface area contributed by atoms with Gasteiger partial charge in [0.25, 0.3) is 0 Å². The Morgan fingerprint density at radius 3 is 2.11 bits per heavy atom. The van der Waals surface area contributed by atoms with Crippen LogP contribution in [0.15, 0.2) is 84.9 Å². The lowest BCUT2D eigenvalue weighted by Gasteiger charge is -2.57. The first-order chi connectivity index (χ1) is 18.1. The molecule has 37 heavy (non-hydrogen) atoms. The lowest BCUT2D eigenvalue weighted by Crippen LogP contribution is -2.58. The topological polar surface area (TPSA) is 38.8 Å². The highest BCUT2D eigenvalue weighted by Crippen LogP contribution is 2.69. The summed E-state index contributed by atoms with van der Waals surface area (Å²) < 4.78 is 12.2. The Morgan fingerprint density at radius 2 is 1.46 bits per heavy atom. The molecule has 186 valence electrons. The summed E-state index contributed by atoms with van der Waals surface area (Å²) >= 11 is 0. The van der Waals surface area contributed by atoms with Crippen molar-refractivity contribution in [3.05, 3.63) is 113 Å². The van der Waals surface area contributed by atoms with E-state index in [0.717, 1.165) is 22.1 Å². The standard InChI is InChI=1S/C33H31NO3/c1-19(36-3)33-24-15-9-7-13-22(24)27(23-14-8-10-16-25(23)33)29-30(33)32(35)34(2)31(29)28-21-12-6-5-11-20(21)17-18-26(28)37-4/h5-19,27,29-31H,1-4H3/t19-,27?,29-,30+,31+,33?/m1/s1. The minimum atomic E-state index is -0.570. The van der Waals surface area contributed by atoms with Crippen LogP contribution in [0.5, 0.6) is 5.75 Å². The molecule has 4 aromatic rings. The van der Waals surface area contributed by atoms with Crippen molar-refractivity contribution in [3.63, 3.8) is 0 Å². The third-order valence-electron chi connectivity index (χ3n) is 9.58. The molecule has 4 aromatic carbocycles. The average Bonchev–Trinajstić information content (AvgIpc) is 3.22. The molecule has 4 heteroatoms. The molecule has 4 atom stereocenters. The van der Waals surface area contributed by atoms with E-state index < -0.39 is 5.41 Å². The van der Waals surface area contributed by atoms with Crippen molar-refractivity contribution in [2.75, 3.05) is 21.3 Å². The van der Waals surface area contributed by atoms with Crippen molar-refractivity contribution in [1.82, 2.24) is 4.90 Å². The third kappa shape index (κ3) is 2.64. The minimum absolute atomic E-state index is 0.0413. The van der Waals surface area contributed by atoms with E-state index in [1.807, 2.05) is 11.9 Å². The Labute approximate surface area is 217 Å². The molecule has 0 radical (unpaired) electrons. The number of methoxy groups -OCH3 is 2. The van der Waals surface area contributed by atoms with Gasteiger partial charge in [0, 0.05) is 31.6 Å². The van der Waals surface area contributed by atoms with E-state index in [1.165, 1.54) is 22.3 Å². The maximum Gasteiger partial charge on any atom is 0.227 e. The van der Waals surface area contributed by atoms with Crippen LogP contribution in [-0.2, 0) is 14.9 Å². The number of carbonyl (C=O) groups is 1. The first-order valence-electron chi connectivity index (χ1n) is 13.1. The zero-order valence-electron chi connectivity index (χ0n) is 21.6. The predicted octanol–water partition coefficient (Wildman–Crippen LogP) is 6.07. The van der Waals surface area contributed by atoms with Gasteiger partial charge in [-0.25, -0.2) is 0 Å². The SMILES string of the molecule is COc1ccc2ccccc2c1[C@H]1[C@@H]2C3c4ccccc4C([C@@H](C)OC)(c4ccccc43)[C@@H]2C(=O)N1C. The Balaban J connectivity index is 1.59. The maximum absolute atomic E-state index is 14.5.